The summed E-state index contributed by atoms with van der Waals surface area (Å²) < 4.78 is 5.96. The quantitative estimate of drug-likeness (QED) is 0.803. The van der Waals surface area contributed by atoms with E-state index in [1.807, 2.05) is 25.1 Å². The Morgan fingerprint density at radius 1 is 1.10 bits per heavy atom. The second kappa shape index (κ2) is 5.57. The zero-order valence-electron chi connectivity index (χ0n) is 13.2. The Kier molecular flexibility index (Phi) is 3.99. The third-order valence-corrected chi connectivity index (χ3v) is 3.27. The van der Waals surface area contributed by atoms with Crippen LogP contribution in [0.1, 0.15) is 43.2 Å². The Labute approximate surface area is 126 Å². The summed E-state index contributed by atoms with van der Waals surface area (Å²) in [6.45, 7) is 10.4. The molecule has 2 aromatic rings. The SMILES string of the molecule is Cc1ccc(Oc2nc(C)ccc2C#N)c(C(C)(C)C)c1. The second-order valence-electron chi connectivity index (χ2n) is 6.27. The van der Waals surface area contributed by atoms with Gasteiger partial charge in [-0.15, -0.1) is 0 Å². The fourth-order valence-corrected chi connectivity index (χ4v) is 2.12. The number of aromatic nitrogens is 1. The van der Waals surface area contributed by atoms with Gasteiger partial charge in [0.15, 0.2) is 0 Å². The first-order chi connectivity index (χ1) is 9.81. The number of benzene rings is 1. The average Bonchev–Trinajstić information content (AvgIpc) is 2.40. The molecule has 0 N–H and O–H groups in total. The molecule has 0 spiro atoms. The summed E-state index contributed by atoms with van der Waals surface area (Å²) in [6.07, 6.45) is 0. The number of nitriles is 1. The van der Waals surface area contributed by atoms with Gasteiger partial charge in [0.05, 0.1) is 0 Å². The summed E-state index contributed by atoms with van der Waals surface area (Å²) >= 11 is 0. The molecule has 3 nitrogen and oxygen atoms in total. The first-order valence-electron chi connectivity index (χ1n) is 6.98. The van der Waals surface area contributed by atoms with Crippen molar-refractivity contribution in [1.82, 2.24) is 4.98 Å². The molecule has 0 aliphatic rings. The smallest absolute Gasteiger partial charge is 0.237 e. The van der Waals surface area contributed by atoms with E-state index in [1.165, 1.54) is 5.56 Å². The van der Waals surface area contributed by atoms with Gasteiger partial charge in [0.1, 0.15) is 17.4 Å². The Hall–Kier alpha value is -2.34. The molecule has 0 fully saturated rings. The summed E-state index contributed by atoms with van der Waals surface area (Å²) in [5.74, 6) is 1.12. The lowest BCUT2D eigenvalue weighted by atomic mass is 9.85. The van der Waals surface area contributed by atoms with Gasteiger partial charge in [0, 0.05) is 11.3 Å². The normalized spacial score (nSPS) is 11.0. The Balaban J connectivity index is 2.50. The number of hydrogen-bond acceptors (Lipinski definition) is 3. The van der Waals surface area contributed by atoms with E-state index in [2.05, 4.69) is 44.8 Å². The van der Waals surface area contributed by atoms with Crippen LogP contribution in [0.2, 0.25) is 0 Å². The van der Waals surface area contributed by atoms with Gasteiger partial charge < -0.3 is 4.74 Å². The van der Waals surface area contributed by atoms with Gasteiger partial charge >= 0.3 is 0 Å². The summed E-state index contributed by atoms with van der Waals surface area (Å²) in [5.41, 5.74) is 3.52. The highest BCUT2D eigenvalue weighted by atomic mass is 16.5. The minimum absolute atomic E-state index is 0.0437. The van der Waals surface area contributed by atoms with Crippen LogP contribution in [0, 0.1) is 25.2 Å². The van der Waals surface area contributed by atoms with Gasteiger partial charge in [-0.2, -0.15) is 5.26 Å². The van der Waals surface area contributed by atoms with E-state index < -0.39 is 0 Å². The maximum absolute atomic E-state index is 9.19. The minimum Gasteiger partial charge on any atom is -0.437 e. The number of ether oxygens (including phenoxy) is 1. The molecule has 0 bridgehead atoms. The van der Waals surface area contributed by atoms with E-state index in [1.54, 1.807) is 6.07 Å². The Bertz CT molecular complexity index is 706. The molecule has 0 amide bonds. The third kappa shape index (κ3) is 3.41. The van der Waals surface area contributed by atoms with Crippen molar-refractivity contribution in [2.75, 3.05) is 0 Å². The van der Waals surface area contributed by atoms with Crippen LogP contribution in [0.25, 0.3) is 0 Å². The van der Waals surface area contributed by atoms with Gasteiger partial charge in [-0.1, -0.05) is 38.5 Å². The van der Waals surface area contributed by atoms with Crippen LogP contribution in [0.15, 0.2) is 30.3 Å². The van der Waals surface area contributed by atoms with Crippen LogP contribution in [-0.2, 0) is 5.41 Å². The van der Waals surface area contributed by atoms with Crippen molar-refractivity contribution in [3.05, 3.63) is 52.7 Å². The van der Waals surface area contributed by atoms with Gasteiger partial charge in [-0.25, -0.2) is 4.98 Å². The van der Waals surface area contributed by atoms with E-state index in [4.69, 9.17) is 4.74 Å². The zero-order valence-corrected chi connectivity index (χ0v) is 13.2. The molecule has 0 saturated heterocycles. The van der Waals surface area contributed by atoms with Crippen LogP contribution in [0.4, 0.5) is 0 Å². The van der Waals surface area contributed by atoms with Gasteiger partial charge in [-0.05, 0) is 37.5 Å². The topological polar surface area (TPSA) is 45.9 Å². The Morgan fingerprint density at radius 2 is 1.81 bits per heavy atom. The third-order valence-electron chi connectivity index (χ3n) is 3.27. The lowest BCUT2D eigenvalue weighted by molar-refractivity contribution is 0.437. The van der Waals surface area contributed by atoms with Gasteiger partial charge in [0.25, 0.3) is 0 Å². The van der Waals surface area contributed by atoms with E-state index in [0.717, 1.165) is 17.0 Å². The lowest BCUT2D eigenvalue weighted by Crippen LogP contribution is -2.13. The average molecular weight is 280 g/mol. The fourth-order valence-electron chi connectivity index (χ4n) is 2.12. The Morgan fingerprint density at radius 3 is 2.43 bits per heavy atom. The molecule has 0 atom stereocenters. The monoisotopic (exact) mass is 280 g/mol. The van der Waals surface area contributed by atoms with Crippen molar-refractivity contribution in [2.45, 2.75) is 40.0 Å². The highest BCUT2D eigenvalue weighted by Crippen LogP contribution is 2.35. The summed E-state index contributed by atoms with van der Waals surface area (Å²) in [7, 11) is 0. The van der Waals surface area contributed by atoms with E-state index in [9.17, 15) is 5.26 Å². The molecular formula is C18H20N2O. The predicted octanol–water partition coefficient (Wildman–Crippen LogP) is 4.66. The molecular weight excluding hydrogens is 260 g/mol. The van der Waals surface area contributed by atoms with Crippen LogP contribution in [0.5, 0.6) is 11.6 Å². The maximum atomic E-state index is 9.19. The first-order valence-corrected chi connectivity index (χ1v) is 6.98. The molecule has 1 aromatic carbocycles. The number of aryl methyl sites for hydroxylation is 2. The fraction of sp³-hybridized carbons (Fsp3) is 0.333. The largest absolute Gasteiger partial charge is 0.437 e. The zero-order chi connectivity index (χ0) is 15.6. The molecule has 21 heavy (non-hydrogen) atoms. The standard InChI is InChI=1S/C18H20N2O/c1-12-6-9-16(15(10-12)18(3,4)5)21-17-14(11-19)8-7-13(2)20-17/h6-10H,1-5H3. The van der Waals surface area contributed by atoms with Gasteiger partial charge in [0.2, 0.25) is 5.88 Å². The first kappa shape index (κ1) is 15.1. The van der Waals surface area contributed by atoms with Crippen molar-refractivity contribution < 1.29 is 4.74 Å². The minimum atomic E-state index is -0.0437. The molecule has 0 aliphatic heterocycles. The summed E-state index contributed by atoms with van der Waals surface area (Å²) in [6, 6.07) is 11.7. The molecule has 108 valence electrons. The van der Waals surface area contributed by atoms with Crippen molar-refractivity contribution in [2.24, 2.45) is 0 Å². The molecule has 0 radical (unpaired) electrons. The number of rotatable bonds is 2. The van der Waals surface area contributed by atoms with Crippen molar-refractivity contribution in [1.29, 1.82) is 5.26 Å². The number of nitrogens with zero attached hydrogens (tertiary/aromatic N) is 2. The molecule has 0 unspecified atom stereocenters. The maximum Gasteiger partial charge on any atom is 0.237 e. The van der Waals surface area contributed by atoms with E-state index >= 15 is 0 Å². The van der Waals surface area contributed by atoms with Gasteiger partial charge in [-0.3, -0.25) is 0 Å². The highest BCUT2D eigenvalue weighted by molar-refractivity contribution is 5.46. The molecule has 2 rings (SSSR count). The summed E-state index contributed by atoms with van der Waals surface area (Å²) in [4.78, 5) is 4.34. The number of hydrogen-bond donors (Lipinski definition) is 0. The van der Waals surface area contributed by atoms with Crippen LogP contribution in [-0.4, -0.2) is 4.98 Å². The van der Waals surface area contributed by atoms with Crippen LogP contribution in [0.3, 0.4) is 0 Å². The van der Waals surface area contributed by atoms with E-state index in [0.29, 0.717) is 11.4 Å². The number of pyridine rings is 1. The molecule has 0 saturated carbocycles. The van der Waals surface area contributed by atoms with Crippen LogP contribution >= 0.6 is 0 Å². The molecule has 0 aliphatic carbocycles. The predicted molar refractivity (Wildman–Crippen MR) is 83.6 cm³/mol. The summed E-state index contributed by atoms with van der Waals surface area (Å²) in [5, 5.41) is 9.19. The molecule has 1 heterocycles. The van der Waals surface area contributed by atoms with Crippen molar-refractivity contribution in [3.8, 4) is 17.7 Å². The van der Waals surface area contributed by atoms with Crippen molar-refractivity contribution >= 4 is 0 Å². The van der Waals surface area contributed by atoms with Crippen molar-refractivity contribution in [3.63, 3.8) is 0 Å². The van der Waals surface area contributed by atoms with Crippen LogP contribution < -0.4 is 4.74 Å². The lowest BCUT2D eigenvalue weighted by Gasteiger charge is -2.23. The molecule has 3 heteroatoms. The molecule has 1 aromatic heterocycles. The highest BCUT2D eigenvalue weighted by Gasteiger charge is 2.20. The second-order valence-corrected chi connectivity index (χ2v) is 6.27. The van der Waals surface area contributed by atoms with E-state index in [-0.39, 0.29) is 5.41 Å².